The molecule has 3 saturated heterocycles. The molecule has 5 N–H and O–H groups in total. The topological polar surface area (TPSA) is 250 Å². The van der Waals surface area contributed by atoms with E-state index in [-0.39, 0.29) is 36.6 Å². The number of carbonyl (C=O) groups is 4. The molecule has 3 fully saturated rings. The molecule has 338 valence electrons. The third-order valence-electron chi connectivity index (χ3n) is 12.8. The Labute approximate surface area is 361 Å². The quantitative estimate of drug-likeness (QED) is 0.101. The number of likely N-dealkylation sites (N-methyl/N-ethyl adjacent to an activating group) is 1. The Morgan fingerprint density at radius 3 is 2.36 bits per heavy atom. The van der Waals surface area contributed by atoms with Crippen LogP contribution < -0.4 is 11.5 Å². The Morgan fingerprint density at radius 1 is 1.07 bits per heavy atom. The number of aliphatic hydroxyl groups excluding tert-OH is 1. The number of hydrogen-bond donors (Lipinski definition) is 3. The molecule has 18 nitrogen and oxygen atoms in total. The summed E-state index contributed by atoms with van der Waals surface area (Å²) in [5, 5.41) is 25.1. The van der Waals surface area contributed by atoms with Gasteiger partial charge in [0.05, 0.1) is 17.8 Å². The number of Topliss-reactive ketones (excluding diaryl/α,β-unsaturated/α-hetero) is 2. The number of anilines is 1. The predicted octanol–water partition coefficient (Wildman–Crippen LogP) is 3.70. The van der Waals surface area contributed by atoms with Crippen molar-refractivity contribution in [1.82, 2.24) is 20.1 Å². The zero-order valence-electron chi connectivity index (χ0n) is 37.2. The maximum absolute atomic E-state index is 14.8. The van der Waals surface area contributed by atoms with Crippen LogP contribution in [0, 0.1) is 35.5 Å². The second-order valence-electron chi connectivity index (χ2n) is 17.5. The number of amidine groups is 1. The van der Waals surface area contributed by atoms with Crippen LogP contribution in [0.1, 0.15) is 92.7 Å². The Morgan fingerprint density at radius 2 is 1.75 bits per heavy atom. The summed E-state index contributed by atoms with van der Waals surface area (Å²) >= 11 is 1.25. The van der Waals surface area contributed by atoms with Gasteiger partial charge in [-0.1, -0.05) is 44.2 Å². The third-order valence-corrected chi connectivity index (χ3v) is 13.9. The number of oxime groups is 1. The molecule has 0 amide bonds. The van der Waals surface area contributed by atoms with Crippen LogP contribution in [0.2, 0.25) is 0 Å². The van der Waals surface area contributed by atoms with Crippen molar-refractivity contribution < 1.29 is 52.8 Å². The van der Waals surface area contributed by atoms with E-state index in [0.29, 0.717) is 27.8 Å². The normalized spacial score (nSPS) is 37.4. The van der Waals surface area contributed by atoms with Crippen molar-refractivity contribution in [2.75, 3.05) is 26.9 Å². The molecule has 2 aromatic heterocycles. The lowest BCUT2D eigenvalue weighted by molar-refractivity contribution is -0.295. The first-order valence-corrected chi connectivity index (χ1v) is 21.7. The van der Waals surface area contributed by atoms with E-state index in [1.807, 2.05) is 25.9 Å². The number of fused-ring (bicyclic) bond motifs is 1. The monoisotopic (exact) mass is 873 g/mol. The summed E-state index contributed by atoms with van der Waals surface area (Å²) in [6.45, 7) is 15.2. The number of esters is 2. The van der Waals surface area contributed by atoms with Gasteiger partial charge in [0.2, 0.25) is 0 Å². The zero-order chi connectivity index (χ0) is 45.3. The van der Waals surface area contributed by atoms with Gasteiger partial charge in [0.25, 0.3) is 0 Å². The first-order valence-electron chi connectivity index (χ1n) is 20.8. The third kappa shape index (κ3) is 9.76. The lowest BCUT2D eigenvalue weighted by atomic mass is 9.67. The number of nitrogen functional groups attached to an aromatic ring is 1. The van der Waals surface area contributed by atoms with Crippen LogP contribution in [-0.2, 0) is 47.7 Å². The van der Waals surface area contributed by atoms with E-state index in [4.69, 9.17) is 40.0 Å². The predicted molar refractivity (Wildman–Crippen MR) is 224 cm³/mol. The standard InChI is InChI=1S/C42H63N7O11S/c1-13-27-42(9)30(29(39(54)59-42)35(44)48-60-24(7)36-46-47-37(61-36)25-14-15-28(43)45-18-25)21(4)31(50)19(2)17-41(8,55-12)34(22(5)32(51)23(6)38(53)57-27)58-40-33(52)26(49(10)11)16-20(3)56-40/h14-15,18-24,26-27,29-30,33-34,40,52H,13,16-17H2,1-12H3,(H2,43,45)(H2,44,48)/t19-,20-,21-,22+,23-,24-,26+,27+,29-,30+,33-,34-,40?,41-,42-/m1/s1. The number of hydrogen-bond acceptors (Lipinski definition) is 18. The number of pyridine rings is 1. The minimum Gasteiger partial charge on any atom is -0.458 e. The smallest absolute Gasteiger partial charge is 0.317 e. The molecule has 0 spiro atoms. The highest BCUT2D eigenvalue weighted by molar-refractivity contribution is 7.14. The Hall–Kier alpha value is -4.14. The maximum Gasteiger partial charge on any atom is 0.317 e. The van der Waals surface area contributed by atoms with Gasteiger partial charge in [-0.05, 0) is 80.1 Å². The van der Waals surface area contributed by atoms with Gasteiger partial charge in [-0.2, -0.15) is 0 Å². The minimum atomic E-state index is -1.59. The lowest BCUT2D eigenvalue weighted by Gasteiger charge is -2.47. The highest BCUT2D eigenvalue weighted by atomic mass is 32.1. The summed E-state index contributed by atoms with van der Waals surface area (Å²) in [5.74, 6) is -8.60. The molecule has 0 aromatic carbocycles. The van der Waals surface area contributed by atoms with E-state index in [1.165, 1.54) is 25.4 Å². The van der Waals surface area contributed by atoms with Gasteiger partial charge in [0.15, 0.2) is 34.6 Å². The fourth-order valence-electron chi connectivity index (χ4n) is 9.23. The summed E-state index contributed by atoms with van der Waals surface area (Å²) < 4.78 is 31.1. The molecule has 15 atom stereocenters. The Balaban J connectivity index is 1.50. The molecule has 3 aliphatic heterocycles. The Bertz CT molecular complexity index is 1930. The summed E-state index contributed by atoms with van der Waals surface area (Å²) in [6.07, 6.45) is -3.16. The lowest BCUT2D eigenvalue weighted by Crippen LogP contribution is -2.59. The van der Waals surface area contributed by atoms with Crippen LogP contribution in [0.15, 0.2) is 23.5 Å². The maximum atomic E-state index is 14.8. The van der Waals surface area contributed by atoms with Gasteiger partial charge in [-0.25, -0.2) is 4.98 Å². The molecule has 1 unspecified atom stereocenters. The van der Waals surface area contributed by atoms with Gasteiger partial charge in [0.1, 0.15) is 40.7 Å². The average Bonchev–Trinajstić information content (AvgIpc) is 3.82. The van der Waals surface area contributed by atoms with Crippen molar-refractivity contribution in [2.45, 2.75) is 136 Å². The number of nitrogens with zero attached hydrogens (tertiary/aromatic N) is 5. The molecule has 0 bridgehead atoms. The average molecular weight is 874 g/mol. The first-order chi connectivity index (χ1) is 28.6. The number of aromatic nitrogens is 3. The summed E-state index contributed by atoms with van der Waals surface area (Å²) in [5.41, 5.74) is 10.1. The highest BCUT2D eigenvalue weighted by Gasteiger charge is 2.63. The van der Waals surface area contributed by atoms with Crippen molar-refractivity contribution in [3.05, 3.63) is 23.3 Å². The fourth-order valence-corrected chi connectivity index (χ4v) is 10.0. The number of nitrogens with two attached hydrogens (primary N) is 2. The Kier molecular flexibility index (Phi) is 15.0. The van der Waals surface area contributed by atoms with E-state index in [2.05, 4.69) is 20.3 Å². The zero-order valence-corrected chi connectivity index (χ0v) is 38.0. The SMILES string of the molecule is CC[C@@H]1OC(=O)[C@H](C)C(=O)[C@H](C)[C@@H](OC2O[C@H](C)C[C@H](N(C)C)[C@H]2O)[C@](C)(OC)C[C@@H](C)C(=O)[C@H](C)[C@H]2[C@H](/C(N)=N/O[C@H](C)c3nnc(-c4ccc(N)nc4)s3)C(=O)O[C@@]21C. The van der Waals surface area contributed by atoms with Crippen molar-refractivity contribution in [1.29, 1.82) is 0 Å². The first kappa shape index (κ1) is 47.9. The van der Waals surface area contributed by atoms with Crippen LogP contribution in [0.25, 0.3) is 10.6 Å². The number of aliphatic hydroxyl groups is 1. The van der Waals surface area contributed by atoms with Crippen LogP contribution >= 0.6 is 11.3 Å². The van der Waals surface area contributed by atoms with Crippen molar-refractivity contribution >= 4 is 46.5 Å². The molecule has 0 radical (unpaired) electrons. The second-order valence-corrected chi connectivity index (χ2v) is 18.5. The van der Waals surface area contributed by atoms with Gasteiger partial charge < -0.3 is 50.0 Å². The largest absolute Gasteiger partial charge is 0.458 e. The molecular formula is C42H63N7O11S. The van der Waals surface area contributed by atoms with E-state index < -0.39 is 95.1 Å². The van der Waals surface area contributed by atoms with Gasteiger partial charge in [0, 0.05) is 48.6 Å². The van der Waals surface area contributed by atoms with Crippen molar-refractivity contribution in [3.8, 4) is 10.6 Å². The van der Waals surface area contributed by atoms with Crippen molar-refractivity contribution in [3.63, 3.8) is 0 Å². The highest BCUT2D eigenvalue weighted by Crippen LogP contribution is 2.48. The summed E-state index contributed by atoms with van der Waals surface area (Å²) in [4.78, 5) is 68.9. The molecule has 19 heteroatoms. The minimum absolute atomic E-state index is 0.0455. The molecule has 3 aliphatic rings. The van der Waals surface area contributed by atoms with Gasteiger partial charge in [-0.3, -0.25) is 19.2 Å². The molecular weight excluding hydrogens is 811 g/mol. The molecule has 61 heavy (non-hydrogen) atoms. The number of ether oxygens (including phenoxy) is 5. The van der Waals surface area contributed by atoms with E-state index in [1.54, 1.807) is 66.8 Å². The second kappa shape index (κ2) is 19.1. The van der Waals surface area contributed by atoms with E-state index in [0.717, 1.165) is 0 Å². The molecule has 5 rings (SSSR count). The summed E-state index contributed by atoms with van der Waals surface area (Å²) in [7, 11) is 5.16. The van der Waals surface area contributed by atoms with Gasteiger partial charge in [-0.15, -0.1) is 10.2 Å². The number of ketones is 2. The molecule has 2 aromatic rings. The van der Waals surface area contributed by atoms with Gasteiger partial charge >= 0.3 is 11.9 Å². The van der Waals surface area contributed by atoms with E-state index in [9.17, 15) is 24.3 Å². The molecule has 0 saturated carbocycles. The van der Waals surface area contributed by atoms with Crippen LogP contribution in [0.4, 0.5) is 5.82 Å². The summed E-state index contributed by atoms with van der Waals surface area (Å²) in [6, 6.07) is 3.11. The number of carbonyl (C=O) groups excluding carboxylic acids is 4. The fraction of sp³-hybridized carbons (Fsp3) is 0.714. The van der Waals surface area contributed by atoms with E-state index >= 15 is 0 Å². The molecule has 5 heterocycles. The number of rotatable bonds is 10. The van der Waals surface area contributed by atoms with Crippen LogP contribution in [0.3, 0.4) is 0 Å². The van der Waals surface area contributed by atoms with Crippen molar-refractivity contribution in [2.24, 2.45) is 46.4 Å². The van der Waals surface area contributed by atoms with Crippen LogP contribution in [-0.4, -0.2) is 124 Å². The van der Waals surface area contributed by atoms with Crippen LogP contribution in [0.5, 0.6) is 0 Å². The number of cyclic esters (lactones) is 1. The molecule has 0 aliphatic carbocycles. The number of methoxy groups -OCH3 is 1.